The SMILES string of the molecule is O=Pc1c(-c2c(Cl)cccc2Cl)c(-c2c(Cl)cccc2Cl)cc2ccccc12. The standard InChI is InChI=1S/C22H11Cl4OP/c23-15-7-3-8-16(24)19(15)14-11-12-5-1-2-6-13(12)22(28-27)20(14)21-17(25)9-4-10-18(21)26/h1-11H. The minimum atomic E-state index is -0.157. The first-order valence-corrected chi connectivity index (χ1v) is 10.6. The van der Waals surface area contributed by atoms with E-state index in [0.717, 1.165) is 16.3 Å². The first-order valence-electron chi connectivity index (χ1n) is 8.30. The van der Waals surface area contributed by atoms with Gasteiger partial charge in [0.25, 0.3) is 0 Å². The number of fused-ring (bicyclic) bond motifs is 1. The second-order valence-corrected chi connectivity index (χ2v) is 8.41. The van der Waals surface area contributed by atoms with Crippen molar-refractivity contribution in [3.8, 4) is 22.3 Å². The van der Waals surface area contributed by atoms with Crippen molar-refractivity contribution in [3.05, 3.63) is 86.8 Å². The topological polar surface area (TPSA) is 17.1 Å². The van der Waals surface area contributed by atoms with E-state index >= 15 is 0 Å². The molecule has 0 radical (unpaired) electrons. The third-order valence-electron chi connectivity index (χ3n) is 4.56. The smallest absolute Gasteiger partial charge is 0.193 e. The van der Waals surface area contributed by atoms with E-state index in [1.54, 1.807) is 36.4 Å². The molecule has 0 bridgehead atoms. The van der Waals surface area contributed by atoms with Gasteiger partial charge in [0.2, 0.25) is 0 Å². The van der Waals surface area contributed by atoms with Crippen LogP contribution in [0.15, 0.2) is 66.7 Å². The van der Waals surface area contributed by atoms with Crippen molar-refractivity contribution in [2.45, 2.75) is 0 Å². The molecule has 0 atom stereocenters. The molecule has 0 aromatic heterocycles. The lowest BCUT2D eigenvalue weighted by Gasteiger charge is -2.19. The van der Waals surface area contributed by atoms with Gasteiger partial charge in [-0.15, -0.1) is 0 Å². The Labute approximate surface area is 184 Å². The predicted molar refractivity (Wildman–Crippen MR) is 122 cm³/mol. The van der Waals surface area contributed by atoms with Gasteiger partial charge in [-0.2, -0.15) is 0 Å². The summed E-state index contributed by atoms with van der Waals surface area (Å²) >= 11 is 26.1. The van der Waals surface area contributed by atoms with E-state index in [1.165, 1.54) is 0 Å². The van der Waals surface area contributed by atoms with Gasteiger partial charge in [0, 0.05) is 36.8 Å². The molecule has 0 fully saturated rings. The van der Waals surface area contributed by atoms with Crippen molar-refractivity contribution in [2.75, 3.05) is 0 Å². The molecule has 0 N–H and O–H groups in total. The molecule has 4 aromatic carbocycles. The van der Waals surface area contributed by atoms with Crippen LogP contribution in [0.5, 0.6) is 0 Å². The molecule has 0 aliphatic rings. The number of hydrogen-bond acceptors (Lipinski definition) is 1. The molecule has 0 amide bonds. The van der Waals surface area contributed by atoms with E-state index in [0.29, 0.717) is 42.1 Å². The fourth-order valence-electron chi connectivity index (χ4n) is 3.37. The highest BCUT2D eigenvalue weighted by molar-refractivity contribution is 7.35. The Morgan fingerprint density at radius 2 is 1.14 bits per heavy atom. The second kappa shape index (κ2) is 8.03. The van der Waals surface area contributed by atoms with Crippen LogP contribution in [0.2, 0.25) is 20.1 Å². The van der Waals surface area contributed by atoms with E-state index in [4.69, 9.17) is 46.4 Å². The maximum Gasteiger partial charge on any atom is 0.193 e. The molecule has 0 aliphatic heterocycles. The highest BCUT2D eigenvalue weighted by Crippen LogP contribution is 2.45. The average Bonchev–Trinajstić information content (AvgIpc) is 2.67. The summed E-state index contributed by atoms with van der Waals surface area (Å²) in [5.74, 6) is 0. The summed E-state index contributed by atoms with van der Waals surface area (Å²) in [6, 6.07) is 20.3. The third-order valence-corrected chi connectivity index (χ3v) is 6.47. The Balaban J connectivity index is 2.26. The van der Waals surface area contributed by atoms with Gasteiger partial charge in [-0.05, 0) is 46.7 Å². The zero-order valence-electron chi connectivity index (χ0n) is 14.2. The highest BCUT2D eigenvalue weighted by Gasteiger charge is 2.23. The lowest BCUT2D eigenvalue weighted by atomic mass is 9.91. The Kier molecular flexibility index (Phi) is 5.65. The molecule has 4 aromatic rings. The molecule has 1 nitrogen and oxygen atoms in total. The van der Waals surface area contributed by atoms with Gasteiger partial charge >= 0.3 is 0 Å². The van der Waals surface area contributed by atoms with Crippen molar-refractivity contribution in [1.29, 1.82) is 0 Å². The third kappa shape index (κ3) is 3.32. The van der Waals surface area contributed by atoms with E-state index in [9.17, 15) is 4.57 Å². The van der Waals surface area contributed by atoms with Gasteiger partial charge in [0.15, 0.2) is 8.46 Å². The number of benzene rings is 4. The molecule has 0 unspecified atom stereocenters. The summed E-state index contributed by atoms with van der Waals surface area (Å²) in [7, 11) is -0.157. The monoisotopic (exact) mass is 462 g/mol. The molecule has 0 aliphatic carbocycles. The lowest BCUT2D eigenvalue weighted by molar-refractivity contribution is 0.603. The van der Waals surface area contributed by atoms with Crippen molar-refractivity contribution >= 4 is 70.9 Å². The van der Waals surface area contributed by atoms with Crippen LogP contribution in [0.1, 0.15) is 0 Å². The predicted octanol–water partition coefficient (Wildman–Crippen LogP) is 8.70. The van der Waals surface area contributed by atoms with Crippen LogP contribution in [0, 0.1) is 0 Å². The van der Waals surface area contributed by atoms with Gasteiger partial charge < -0.3 is 0 Å². The van der Waals surface area contributed by atoms with E-state index in [2.05, 4.69) is 0 Å². The molecule has 0 saturated heterocycles. The van der Waals surface area contributed by atoms with Gasteiger partial charge in [-0.1, -0.05) is 82.8 Å². The van der Waals surface area contributed by atoms with Gasteiger partial charge in [-0.3, -0.25) is 4.57 Å². The first kappa shape index (κ1) is 19.7. The summed E-state index contributed by atoms with van der Waals surface area (Å²) in [5, 5.41) is 4.23. The lowest BCUT2D eigenvalue weighted by Crippen LogP contribution is -2.05. The zero-order chi connectivity index (χ0) is 19.8. The van der Waals surface area contributed by atoms with Crippen LogP contribution >= 0.6 is 54.9 Å². The summed E-state index contributed by atoms with van der Waals surface area (Å²) < 4.78 is 12.3. The highest BCUT2D eigenvalue weighted by atomic mass is 35.5. The molecule has 28 heavy (non-hydrogen) atoms. The number of rotatable bonds is 3. The molecule has 0 spiro atoms. The molecule has 0 heterocycles. The Bertz CT molecular complexity index is 1200. The van der Waals surface area contributed by atoms with Crippen LogP contribution in [0.4, 0.5) is 0 Å². The normalized spacial score (nSPS) is 11.3. The Hall–Kier alpha value is -1.60. The van der Waals surface area contributed by atoms with Crippen LogP contribution in [-0.2, 0) is 4.57 Å². The maximum absolute atomic E-state index is 12.3. The first-order chi connectivity index (χ1) is 13.5. The largest absolute Gasteiger partial charge is 0.269 e. The van der Waals surface area contributed by atoms with Crippen molar-refractivity contribution in [1.82, 2.24) is 0 Å². The van der Waals surface area contributed by atoms with Crippen LogP contribution < -0.4 is 5.30 Å². The average molecular weight is 464 g/mol. The maximum atomic E-state index is 12.3. The Morgan fingerprint density at radius 1 is 0.607 bits per heavy atom. The number of hydrogen-bond donors (Lipinski definition) is 0. The molecular weight excluding hydrogens is 453 g/mol. The molecular formula is C22H11Cl4OP. The van der Waals surface area contributed by atoms with Gasteiger partial charge in [0.05, 0.1) is 5.30 Å². The summed E-state index contributed by atoms with van der Waals surface area (Å²) in [6.45, 7) is 0. The fraction of sp³-hybridized carbons (Fsp3) is 0. The van der Waals surface area contributed by atoms with E-state index < -0.39 is 0 Å². The van der Waals surface area contributed by atoms with Crippen molar-refractivity contribution in [3.63, 3.8) is 0 Å². The Morgan fingerprint density at radius 3 is 1.71 bits per heavy atom. The van der Waals surface area contributed by atoms with Gasteiger partial charge in [-0.25, -0.2) is 0 Å². The summed E-state index contributed by atoms with van der Waals surface area (Å²) in [6.07, 6.45) is 0. The minimum Gasteiger partial charge on any atom is -0.269 e. The molecule has 0 saturated carbocycles. The van der Waals surface area contributed by atoms with Gasteiger partial charge in [0.1, 0.15) is 0 Å². The zero-order valence-corrected chi connectivity index (χ0v) is 18.1. The molecule has 138 valence electrons. The number of halogens is 4. The van der Waals surface area contributed by atoms with E-state index in [1.807, 2.05) is 30.3 Å². The second-order valence-electron chi connectivity index (χ2n) is 6.15. The summed E-state index contributed by atoms with van der Waals surface area (Å²) in [5.41, 5.74) is 2.62. The minimum absolute atomic E-state index is 0.157. The summed E-state index contributed by atoms with van der Waals surface area (Å²) in [4.78, 5) is 0. The van der Waals surface area contributed by atoms with Crippen LogP contribution in [0.3, 0.4) is 0 Å². The van der Waals surface area contributed by atoms with Crippen LogP contribution in [0.25, 0.3) is 33.0 Å². The van der Waals surface area contributed by atoms with Crippen LogP contribution in [-0.4, -0.2) is 0 Å². The van der Waals surface area contributed by atoms with E-state index in [-0.39, 0.29) is 8.46 Å². The molecule has 4 rings (SSSR count). The molecule has 6 heteroatoms. The van der Waals surface area contributed by atoms with Crippen molar-refractivity contribution in [2.24, 2.45) is 0 Å². The quantitative estimate of drug-likeness (QED) is 0.277. The fourth-order valence-corrected chi connectivity index (χ4v) is 5.18. The van der Waals surface area contributed by atoms with Crippen molar-refractivity contribution < 1.29 is 4.57 Å².